The molecule has 1 unspecified atom stereocenters. The van der Waals surface area contributed by atoms with Crippen molar-refractivity contribution in [3.8, 4) is 0 Å². The van der Waals surface area contributed by atoms with Gasteiger partial charge in [-0.05, 0) is 37.2 Å². The van der Waals surface area contributed by atoms with Crippen LogP contribution in [0.1, 0.15) is 27.2 Å². The molecule has 0 aliphatic rings. The van der Waals surface area contributed by atoms with Crippen molar-refractivity contribution in [3.05, 3.63) is 0 Å². The molecule has 0 fully saturated rings. The van der Waals surface area contributed by atoms with Gasteiger partial charge in [0.2, 0.25) is 0 Å². The van der Waals surface area contributed by atoms with Crippen molar-refractivity contribution in [1.29, 1.82) is 0 Å². The normalized spacial score (nSPS) is 16.2. The van der Waals surface area contributed by atoms with Gasteiger partial charge < -0.3 is 0 Å². The molecule has 3 heteroatoms. The SMILES string of the molecule is BCP(=C)(CC)CCCP(=C)(CC)CC. The van der Waals surface area contributed by atoms with Crippen LogP contribution in [-0.2, 0) is 0 Å². The van der Waals surface area contributed by atoms with Crippen molar-refractivity contribution in [2.45, 2.75) is 27.2 Å². The molecule has 0 aromatic heterocycles. The summed E-state index contributed by atoms with van der Waals surface area (Å²) >= 11 is 0. The summed E-state index contributed by atoms with van der Waals surface area (Å²) in [4.78, 5) is 0. The number of hydrogen-bond donors (Lipinski definition) is 0. The van der Waals surface area contributed by atoms with Crippen LogP contribution in [0.25, 0.3) is 0 Å². The minimum atomic E-state index is -0.798. The summed E-state index contributed by atoms with van der Waals surface area (Å²) in [5.41, 5.74) is 0. The van der Waals surface area contributed by atoms with Crippen LogP contribution in [-0.4, -0.2) is 57.3 Å². The Labute approximate surface area is 98.6 Å². The molecule has 0 saturated carbocycles. The van der Waals surface area contributed by atoms with E-state index in [9.17, 15) is 0 Å². The lowest BCUT2D eigenvalue weighted by atomic mass is 10.2. The van der Waals surface area contributed by atoms with Gasteiger partial charge in [0, 0.05) is 0 Å². The molecule has 0 radical (unpaired) electrons. The van der Waals surface area contributed by atoms with E-state index in [4.69, 9.17) is 0 Å². The van der Waals surface area contributed by atoms with Crippen LogP contribution in [0.15, 0.2) is 0 Å². The maximum absolute atomic E-state index is 4.48. The van der Waals surface area contributed by atoms with E-state index in [0.29, 0.717) is 0 Å². The smallest absolute Gasteiger partial charge is 0.106 e. The predicted molar refractivity (Wildman–Crippen MR) is 87.5 cm³/mol. The van der Waals surface area contributed by atoms with Gasteiger partial charge in [0.1, 0.15) is 7.85 Å². The average Bonchev–Trinajstić information content (AvgIpc) is 2.28. The van der Waals surface area contributed by atoms with Gasteiger partial charge >= 0.3 is 0 Å². The highest BCUT2D eigenvalue weighted by Gasteiger charge is 2.12. The summed E-state index contributed by atoms with van der Waals surface area (Å²) in [6.07, 6.45) is 17.1. The molecule has 15 heavy (non-hydrogen) atoms. The van der Waals surface area contributed by atoms with E-state index in [0.717, 1.165) is 0 Å². The van der Waals surface area contributed by atoms with Crippen molar-refractivity contribution in [2.24, 2.45) is 0 Å². The Bertz CT molecular complexity index is 216. The van der Waals surface area contributed by atoms with Gasteiger partial charge in [-0.15, -0.1) is 26.4 Å². The maximum Gasteiger partial charge on any atom is 0.106 e. The highest BCUT2D eigenvalue weighted by molar-refractivity contribution is 7.75. The Kier molecular flexibility index (Phi) is 7.40. The van der Waals surface area contributed by atoms with Crippen molar-refractivity contribution in [1.82, 2.24) is 0 Å². The third-order valence-electron chi connectivity index (χ3n) is 3.95. The van der Waals surface area contributed by atoms with Crippen molar-refractivity contribution in [3.63, 3.8) is 0 Å². The van der Waals surface area contributed by atoms with E-state index >= 15 is 0 Å². The van der Waals surface area contributed by atoms with E-state index in [1.165, 1.54) is 43.3 Å². The quantitative estimate of drug-likeness (QED) is 0.456. The summed E-state index contributed by atoms with van der Waals surface area (Å²) in [6, 6.07) is 1.32. The highest BCUT2D eigenvalue weighted by Crippen LogP contribution is 2.48. The lowest BCUT2D eigenvalue weighted by Gasteiger charge is -2.25. The van der Waals surface area contributed by atoms with Crippen molar-refractivity contribution < 1.29 is 0 Å². The number of rotatable bonds is 8. The lowest BCUT2D eigenvalue weighted by Crippen LogP contribution is -2.03. The standard InChI is InChI=1S/C12H29BP2/c1-6-14(4,7-2)10-9-11-15(5,8-3)12-13/h4-13H2,1-3H3. The van der Waals surface area contributed by atoms with Crippen LogP contribution in [0.2, 0.25) is 0 Å². The first-order valence-corrected chi connectivity index (χ1v) is 11.4. The minimum absolute atomic E-state index is 0.798. The predicted octanol–water partition coefficient (Wildman–Crippen LogP) is 2.93. The zero-order chi connectivity index (χ0) is 11.9. The highest BCUT2D eigenvalue weighted by atomic mass is 31.2. The third kappa shape index (κ3) is 5.51. The Morgan fingerprint density at radius 2 is 1.27 bits per heavy atom. The summed E-state index contributed by atoms with van der Waals surface area (Å²) in [5, 5.41) is 0. The van der Waals surface area contributed by atoms with E-state index in [2.05, 4.69) is 41.2 Å². The molecule has 0 amide bonds. The molecule has 90 valence electrons. The van der Waals surface area contributed by atoms with E-state index < -0.39 is 13.8 Å². The van der Waals surface area contributed by atoms with Gasteiger partial charge in [0.25, 0.3) is 0 Å². The van der Waals surface area contributed by atoms with E-state index in [-0.39, 0.29) is 0 Å². The van der Waals surface area contributed by atoms with Gasteiger partial charge in [0.15, 0.2) is 0 Å². The molecule has 1 atom stereocenters. The van der Waals surface area contributed by atoms with Crippen LogP contribution in [0.3, 0.4) is 0 Å². The fourth-order valence-electron chi connectivity index (χ4n) is 1.82. The molecular formula is C12H29BP2. The lowest BCUT2D eigenvalue weighted by molar-refractivity contribution is 1.08. The van der Waals surface area contributed by atoms with Crippen molar-refractivity contribution in [2.75, 3.05) is 36.9 Å². The summed E-state index contributed by atoms with van der Waals surface area (Å²) in [6.45, 7) is 5.35. The first-order valence-electron chi connectivity index (χ1n) is 6.36. The van der Waals surface area contributed by atoms with Crippen LogP contribution in [0.4, 0.5) is 0 Å². The number of hydrogen-bond acceptors (Lipinski definition) is 0. The molecule has 0 aromatic carbocycles. The molecule has 0 aliphatic heterocycles. The van der Waals surface area contributed by atoms with E-state index in [1.54, 1.807) is 0 Å². The van der Waals surface area contributed by atoms with E-state index in [1.807, 2.05) is 0 Å². The molecule has 0 bridgehead atoms. The molecule has 0 spiro atoms. The molecule has 0 rings (SSSR count). The van der Waals surface area contributed by atoms with Gasteiger partial charge in [-0.25, -0.2) is 0 Å². The molecule has 0 N–H and O–H groups in total. The summed E-state index contributed by atoms with van der Waals surface area (Å²) < 4.78 is 0. The Balaban J connectivity index is 4.08. The molecule has 0 aromatic rings. The topological polar surface area (TPSA) is 0 Å². The molecule has 0 heterocycles. The van der Waals surface area contributed by atoms with Gasteiger partial charge in [-0.3, -0.25) is 0 Å². The second kappa shape index (κ2) is 7.08. The van der Waals surface area contributed by atoms with Gasteiger partial charge in [0.05, 0.1) is 0 Å². The first-order chi connectivity index (χ1) is 6.95. The molecule has 0 aliphatic carbocycles. The fourth-order valence-corrected chi connectivity index (χ4v) is 5.89. The fraction of sp³-hybridized carbons (Fsp3) is 0.833. The Morgan fingerprint density at radius 3 is 1.60 bits per heavy atom. The zero-order valence-corrected chi connectivity index (χ0v) is 13.0. The Morgan fingerprint density at radius 1 is 0.867 bits per heavy atom. The minimum Gasteiger partial charge on any atom is -0.120 e. The third-order valence-corrected chi connectivity index (χ3v) is 11.8. The van der Waals surface area contributed by atoms with Crippen LogP contribution < -0.4 is 0 Å². The van der Waals surface area contributed by atoms with Gasteiger partial charge in [-0.2, -0.15) is 0 Å². The monoisotopic (exact) mass is 246 g/mol. The van der Waals surface area contributed by atoms with Crippen LogP contribution in [0.5, 0.6) is 0 Å². The van der Waals surface area contributed by atoms with Crippen LogP contribution in [0, 0.1) is 0 Å². The second-order valence-corrected chi connectivity index (χ2v) is 13.5. The average molecular weight is 246 g/mol. The van der Waals surface area contributed by atoms with Crippen LogP contribution >= 0.6 is 13.8 Å². The maximum atomic E-state index is 4.48. The summed E-state index contributed by atoms with van der Waals surface area (Å²) in [7, 11) is 2.32. The molecular weight excluding hydrogens is 217 g/mol. The second-order valence-electron chi connectivity index (χ2n) is 4.75. The zero-order valence-electron chi connectivity index (χ0n) is 11.3. The summed E-state index contributed by atoms with van der Waals surface area (Å²) in [5.74, 6) is 0. The van der Waals surface area contributed by atoms with Crippen molar-refractivity contribution >= 4 is 34.2 Å². The molecule has 0 nitrogen and oxygen atoms in total. The van der Waals surface area contributed by atoms with Gasteiger partial charge in [-0.1, -0.05) is 26.8 Å². The largest absolute Gasteiger partial charge is 0.120 e. The Hall–Kier alpha value is 0.665. The molecule has 0 saturated heterocycles. The first kappa shape index (κ1) is 15.7.